The van der Waals surface area contributed by atoms with E-state index in [2.05, 4.69) is 77.9 Å². The van der Waals surface area contributed by atoms with Crippen molar-refractivity contribution in [1.29, 1.82) is 0 Å². The SMILES string of the molecule is CCCCCCCCCCCCC1(CCCCCCCCCCCC)c2cc3c(cc2-c2c1cc(C)c1nsnc21)C(CCCCCCCCCCCC)(CCCCCCCCCCCC)c1cc(-c2cc4sc(C)cc4s2)c2nsnc2c1-3. The molecular formula is C76H112N4S4. The summed E-state index contributed by atoms with van der Waals surface area (Å²) in [4.78, 5) is 2.75. The summed E-state index contributed by atoms with van der Waals surface area (Å²) < 4.78 is 24.0. The van der Waals surface area contributed by atoms with E-state index in [1.807, 2.05) is 22.7 Å². The van der Waals surface area contributed by atoms with Crippen LogP contribution in [0.5, 0.6) is 0 Å². The van der Waals surface area contributed by atoms with Crippen molar-refractivity contribution in [3.05, 3.63) is 69.1 Å². The van der Waals surface area contributed by atoms with Crippen molar-refractivity contribution in [2.45, 2.75) is 335 Å². The Balaban J connectivity index is 1.13. The van der Waals surface area contributed by atoms with Gasteiger partial charge in [-0.05, 0) is 109 Å². The monoisotopic (exact) mass is 1210 g/mol. The van der Waals surface area contributed by atoms with Gasteiger partial charge in [-0.25, -0.2) is 0 Å². The summed E-state index contributed by atoms with van der Waals surface area (Å²) in [5.41, 5.74) is 19.1. The van der Waals surface area contributed by atoms with Crippen molar-refractivity contribution >= 4 is 77.6 Å². The van der Waals surface area contributed by atoms with Gasteiger partial charge < -0.3 is 0 Å². The quantitative estimate of drug-likeness (QED) is 0.0357. The lowest BCUT2D eigenvalue weighted by Crippen LogP contribution is -2.27. The Kier molecular flexibility index (Phi) is 26.5. The Morgan fingerprint density at radius 1 is 0.298 bits per heavy atom. The minimum Gasteiger partial charge on any atom is -0.173 e. The van der Waals surface area contributed by atoms with Crippen LogP contribution < -0.4 is 0 Å². The molecule has 0 N–H and O–H groups in total. The van der Waals surface area contributed by atoms with Gasteiger partial charge in [0.25, 0.3) is 0 Å². The van der Waals surface area contributed by atoms with Gasteiger partial charge in [0.2, 0.25) is 0 Å². The van der Waals surface area contributed by atoms with Crippen molar-refractivity contribution in [2.75, 3.05) is 0 Å². The van der Waals surface area contributed by atoms with Crippen LogP contribution in [0.4, 0.5) is 0 Å². The highest BCUT2D eigenvalue weighted by atomic mass is 32.1. The molecule has 0 aliphatic heterocycles. The maximum absolute atomic E-state index is 5.46. The van der Waals surface area contributed by atoms with Gasteiger partial charge in [-0.1, -0.05) is 291 Å². The first-order chi connectivity index (χ1) is 41.4. The molecule has 2 aliphatic carbocycles. The predicted molar refractivity (Wildman–Crippen MR) is 375 cm³/mol. The lowest BCUT2D eigenvalue weighted by molar-refractivity contribution is 0.393. The van der Waals surface area contributed by atoms with Crippen molar-refractivity contribution < 1.29 is 0 Å². The fourth-order valence-electron chi connectivity index (χ4n) is 15.7. The minimum absolute atomic E-state index is 0.0682. The molecule has 0 saturated heterocycles. The first-order valence-electron chi connectivity index (χ1n) is 35.6. The Hall–Kier alpha value is -3.04. The first kappa shape index (κ1) is 65.4. The fourth-order valence-corrected chi connectivity index (χ4v) is 19.2. The van der Waals surface area contributed by atoms with Gasteiger partial charge in [-0.2, -0.15) is 17.5 Å². The topological polar surface area (TPSA) is 51.6 Å². The Morgan fingerprint density at radius 2 is 0.607 bits per heavy atom. The summed E-state index contributed by atoms with van der Waals surface area (Å²) in [5, 5.41) is 0. The minimum atomic E-state index is -0.111. The maximum atomic E-state index is 5.46. The van der Waals surface area contributed by atoms with Gasteiger partial charge in [0.1, 0.15) is 22.1 Å². The zero-order valence-corrected chi connectivity index (χ0v) is 57.3. The highest BCUT2D eigenvalue weighted by Crippen LogP contribution is 2.63. The fraction of sp³-hybridized carbons (Fsp3) is 0.684. The van der Waals surface area contributed by atoms with Crippen LogP contribution >= 0.6 is 46.1 Å². The molecule has 460 valence electrons. The van der Waals surface area contributed by atoms with E-state index in [0.29, 0.717) is 0 Å². The van der Waals surface area contributed by atoms with Crippen LogP contribution in [0.15, 0.2) is 36.4 Å². The molecule has 8 heteroatoms. The standard InChI is InChI=1S/C76H112N4S4/c1-7-11-15-19-23-27-31-35-39-43-47-75(48-44-40-36-32-28-24-20-16-12-8-2)62-54-60-63(53-59(62)69-64(75)51-57(5)71-73(69)79-83-77-71)76(49-45-41-37-33-29-25-21-17-13-9-3,50-46-42-38-34-30-26-22-18-14-10-4)65-55-61(72-74(70(60)65)80-84-78-72)66-56-68-67(82-66)52-58(6)81-68/h51-56H,7-50H2,1-6H3. The number of fused-ring (bicyclic) bond motifs is 11. The molecule has 0 unspecified atom stereocenters. The Bertz CT molecular complexity index is 2980. The number of unbranched alkanes of at least 4 members (excludes halogenated alkanes) is 36. The average molecular weight is 1210 g/mol. The summed E-state index contributed by atoms with van der Waals surface area (Å²) in [7, 11) is 0. The Labute approximate surface area is 528 Å². The molecule has 9 rings (SSSR count). The van der Waals surface area contributed by atoms with E-state index >= 15 is 0 Å². The molecule has 0 bridgehead atoms. The largest absolute Gasteiger partial charge is 0.173 e. The van der Waals surface area contributed by atoms with Gasteiger partial charge in [0, 0.05) is 46.7 Å². The van der Waals surface area contributed by atoms with E-state index < -0.39 is 0 Å². The zero-order valence-electron chi connectivity index (χ0n) is 54.0. The highest BCUT2D eigenvalue weighted by Gasteiger charge is 2.50. The molecule has 0 fully saturated rings. The number of benzene rings is 3. The third-order valence-electron chi connectivity index (χ3n) is 20.5. The third-order valence-corrected chi connectivity index (χ3v) is 23.7. The third kappa shape index (κ3) is 16.0. The number of aryl methyl sites for hydroxylation is 2. The van der Waals surface area contributed by atoms with E-state index in [9.17, 15) is 0 Å². The normalized spacial score (nSPS) is 14.0. The number of hydrogen-bond donors (Lipinski definition) is 0. The van der Waals surface area contributed by atoms with E-state index in [0.717, 1.165) is 22.1 Å². The van der Waals surface area contributed by atoms with E-state index in [1.54, 1.807) is 22.3 Å². The number of aromatic nitrogens is 4. The van der Waals surface area contributed by atoms with Crippen molar-refractivity contribution in [3.8, 4) is 32.7 Å². The van der Waals surface area contributed by atoms with Gasteiger partial charge in [-0.3, -0.25) is 0 Å². The summed E-state index contributed by atoms with van der Waals surface area (Å²) >= 11 is 6.79. The van der Waals surface area contributed by atoms with Gasteiger partial charge in [-0.15, -0.1) is 22.7 Å². The lowest BCUT2D eigenvalue weighted by Gasteiger charge is -2.35. The molecule has 84 heavy (non-hydrogen) atoms. The molecule has 4 aromatic heterocycles. The number of nitrogens with zero attached hydrogens (tertiary/aromatic N) is 4. The predicted octanol–water partition coefficient (Wildman–Crippen LogP) is 27.0. The molecule has 2 aliphatic rings. The molecule has 4 heterocycles. The van der Waals surface area contributed by atoms with Crippen LogP contribution in [0.25, 0.3) is 64.2 Å². The number of thiophene rings is 2. The van der Waals surface area contributed by atoms with E-state index in [1.165, 1.54) is 359 Å². The van der Waals surface area contributed by atoms with Crippen LogP contribution in [-0.4, -0.2) is 17.5 Å². The summed E-state index contributed by atoms with van der Waals surface area (Å²) in [6, 6.07) is 15.9. The molecule has 4 nitrogen and oxygen atoms in total. The lowest BCUT2D eigenvalue weighted by atomic mass is 9.68. The number of rotatable bonds is 45. The number of hydrogen-bond acceptors (Lipinski definition) is 8. The van der Waals surface area contributed by atoms with Gasteiger partial charge in [0.05, 0.1) is 23.5 Å². The molecule has 0 amide bonds. The summed E-state index contributed by atoms with van der Waals surface area (Å²) in [6.45, 7) is 13.9. The van der Waals surface area contributed by atoms with Gasteiger partial charge >= 0.3 is 0 Å². The van der Waals surface area contributed by atoms with Crippen molar-refractivity contribution in [1.82, 2.24) is 17.5 Å². The first-order valence-corrected chi connectivity index (χ1v) is 38.7. The highest BCUT2D eigenvalue weighted by molar-refractivity contribution is 7.29. The average Bonchev–Trinajstić information content (AvgIpc) is 1.60. The second kappa shape index (κ2) is 34.1. The zero-order chi connectivity index (χ0) is 58.4. The van der Waals surface area contributed by atoms with E-state index in [-0.39, 0.29) is 10.8 Å². The van der Waals surface area contributed by atoms with Crippen molar-refractivity contribution in [3.63, 3.8) is 0 Å². The molecule has 0 saturated carbocycles. The maximum Gasteiger partial charge on any atom is 0.114 e. The van der Waals surface area contributed by atoms with Crippen molar-refractivity contribution in [2.24, 2.45) is 0 Å². The smallest absolute Gasteiger partial charge is 0.114 e. The summed E-state index contributed by atoms with van der Waals surface area (Å²) in [6.07, 6.45) is 59.3. The van der Waals surface area contributed by atoms with E-state index in [4.69, 9.17) is 17.5 Å². The van der Waals surface area contributed by atoms with Crippen LogP contribution in [0.2, 0.25) is 0 Å². The molecule has 0 radical (unpaired) electrons. The molecule has 3 aromatic carbocycles. The molecule has 7 aromatic rings. The van der Waals surface area contributed by atoms with Crippen LogP contribution in [0, 0.1) is 13.8 Å². The molecule has 0 atom stereocenters. The molecular weight excluding hydrogens is 1100 g/mol. The molecule has 0 spiro atoms. The van der Waals surface area contributed by atoms with Gasteiger partial charge in [0.15, 0.2) is 0 Å². The van der Waals surface area contributed by atoms with Crippen LogP contribution in [0.1, 0.15) is 343 Å². The second-order valence-electron chi connectivity index (χ2n) is 26.9. The van der Waals surface area contributed by atoms with Crippen LogP contribution in [0.3, 0.4) is 0 Å². The second-order valence-corrected chi connectivity index (χ2v) is 30.3. The Morgan fingerprint density at radius 3 is 0.988 bits per heavy atom. The van der Waals surface area contributed by atoms with Crippen LogP contribution in [-0.2, 0) is 10.8 Å². The summed E-state index contributed by atoms with van der Waals surface area (Å²) in [5.74, 6) is 0.